The summed E-state index contributed by atoms with van der Waals surface area (Å²) in [4.78, 5) is 28.5. The van der Waals surface area contributed by atoms with Crippen LogP contribution >= 0.6 is 11.8 Å². The number of amides is 2. The third-order valence-electron chi connectivity index (χ3n) is 4.70. The van der Waals surface area contributed by atoms with Crippen LogP contribution in [0.1, 0.15) is 52.0 Å². The number of benzene rings is 2. The maximum absolute atomic E-state index is 12.8. The van der Waals surface area contributed by atoms with Crippen molar-refractivity contribution in [3.05, 3.63) is 54.1 Å². The molecule has 2 rings (SSSR count). The van der Waals surface area contributed by atoms with Crippen molar-refractivity contribution in [2.24, 2.45) is 0 Å². The van der Waals surface area contributed by atoms with E-state index in [0.717, 1.165) is 46.7 Å². The lowest BCUT2D eigenvalue weighted by Gasteiger charge is -2.23. The van der Waals surface area contributed by atoms with E-state index in [1.54, 1.807) is 11.8 Å². The van der Waals surface area contributed by atoms with Crippen LogP contribution in [0.25, 0.3) is 0 Å². The Morgan fingerprint density at radius 3 is 2.39 bits per heavy atom. The Morgan fingerprint density at radius 1 is 0.968 bits per heavy atom. The van der Waals surface area contributed by atoms with E-state index in [9.17, 15) is 9.59 Å². The van der Waals surface area contributed by atoms with Crippen molar-refractivity contribution in [1.82, 2.24) is 5.32 Å². The number of anilines is 1. The first-order valence-electron chi connectivity index (χ1n) is 11.1. The summed E-state index contributed by atoms with van der Waals surface area (Å²) < 4.78 is 5.05. The zero-order chi connectivity index (χ0) is 22.5. The lowest BCUT2D eigenvalue weighted by atomic mass is 10.1. The Hall–Kier alpha value is -2.47. The van der Waals surface area contributed by atoms with Crippen molar-refractivity contribution >= 4 is 29.4 Å². The summed E-state index contributed by atoms with van der Waals surface area (Å²) in [5.41, 5.74) is 1.83. The second-order valence-corrected chi connectivity index (χ2v) is 8.47. The van der Waals surface area contributed by atoms with Gasteiger partial charge in [0.15, 0.2) is 0 Å². The van der Waals surface area contributed by atoms with E-state index in [1.807, 2.05) is 54.3 Å². The summed E-state index contributed by atoms with van der Waals surface area (Å²) >= 11 is 1.62. The fourth-order valence-corrected chi connectivity index (χ4v) is 4.04. The predicted molar refractivity (Wildman–Crippen MR) is 128 cm³/mol. The van der Waals surface area contributed by atoms with Gasteiger partial charge in [0.1, 0.15) is 0 Å². The van der Waals surface area contributed by atoms with Crippen LogP contribution in [-0.4, -0.2) is 31.7 Å². The molecule has 6 heteroatoms. The second-order valence-electron chi connectivity index (χ2n) is 7.32. The molecule has 0 atom stereocenters. The van der Waals surface area contributed by atoms with Crippen LogP contribution < -0.4 is 10.2 Å². The molecule has 0 heterocycles. The zero-order valence-corrected chi connectivity index (χ0v) is 19.7. The van der Waals surface area contributed by atoms with Crippen molar-refractivity contribution in [2.45, 2.75) is 62.7 Å². The Labute approximate surface area is 190 Å². The van der Waals surface area contributed by atoms with Crippen molar-refractivity contribution < 1.29 is 14.3 Å². The first-order valence-corrected chi connectivity index (χ1v) is 12.0. The molecule has 1 N–H and O–H groups in total. The number of hydrogen-bond donors (Lipinski definition) is 1. The molecule has 0 bridgehead atoms. The van der Waals surface area contributed by atoms with E-state index in [4.69, 9.17) is 4.74 Å². The molecule has 0 aliphatic rings. The topological polar surface area (TPSA) is 58.6 Å². The Balaban J connectivity index is 2.13. The van der Waals surface area contributed by atoms with Gasteiger partial charge < -0.3 is 10.1 Å². The van der Waals surface area contributed by atoms with Gasteiger partial charge in [-0.05, 0) is 55.7 Å². The fraction of sp³-hybridized carbons (Fsp3) is 0.440. The van der Waals surface area contributed by atoms with E-state index in [-0.39, 0.29) is 18.4 Å². The molecule has 31 heavy (non-hydrogen) atoms. The smallest absolute Gasteiger partial charge is 0.321 e. The molecule has 0 saturated carbocycles. The highest BCUT2D eigenvalue weighted by Crippen LogP contribution is 2.31. The van der Waals surface area contributed by atoms with Crippen molar-refractivity contribution in [3.63, 3.8) is 0 Å². The van der Waals surface area contributed by atoms with Gasteiger partial charge in [0.2, 0.25) is 0 Å². The molecule has 0 aliphatic carbocycles. The minimum absolute atomic E-state index is 0.0412. The van der Waals surface area contributed by atoms with Crippen molar-refractivity contribution in [1.29, 1.82) is 0 Å². The fourth-order valence-electron chi connectivity index (χ4n) is 3.08. The van der Waals surface area contributed by atoms with E-state index < -0.39 is 0 Å². The molecule has 2 aromatic carbocycles. The number of esters is 1. The average Bonchev–Trinajstić information content (AvgIpc) is 2.75. The number of carbonyl (C=O) groups is 2. The highest BCUT2D eigenvalue weighted by atomic mass is 32.2. The molecule has 5 nitrogen and oxygen atoms in total. The molecule has 168 valence electrons. The quantitative estimate of drug-likeness (QED) is 0.321. The normalized spacial score (nSPS) is 10.5. The van der Waals surface area contributed by atoms with E-state index in [0.29, 0.717) is 19.7 Å². The molecule has 0 radical (unpaired) electrons. The molecule has 0 saturated heterocycles. The molecule has 0 spiro atoms. The van der Waals surface area contributed by atoms with E-state index >= 15 is 0 Å². The summed E-state index contributed by atoms with van der Waals surface area (Å²) in [6, 6.07) is 15.9. The van der Waals surface area contributed by atoms with Crippen LogP contribution in [0.4, 0.5) is 10.5 Å². The first-order chi connectivity index (χ1) is 15.1. The van der Waals surface area contributed by atoms with E-state index in [1.165, 1.54) is 0 Å². The van der Waals surface area contributed by atoms with Gasteiger partial charge in [0, 0.05) is 28.6 Å². The Morgan fingerprint density at radius 2 is 1.68 bits per heavy atom. The highest BCUT2D eigenvalue weighted by molar-refractivity contribution is 7.99. The molecule has 0 aliphatic heterocycles. The number of rotatable bonds is 12. The minimum atomic E-state index is -0.215. The van der Waals surface area contributed by atoms with Gasteiger partial charge in [-0.15, -0.1) is 0 Å². The van der Waals surface area contributed by atoms with Crippen LogP contribution in [0, 0.1) is 0 Å². The number of urea groups is 1. The number of hydrogen-bond acceptors (Lipinski definition) is 4. The molecule has 2 aromatic rings. The summed E-state index contributed by atoms with van der Waals surface area (Å²) in [6.07, 6.45) is 4.28. The van der Waals surface area contributed by atoms with Crippen LogP contribution in [0.15, 0.2) is 58.3 Å². The molecule has 0 aromatic heterocycles. The largest absolute Gasteiger partial charge is 0.466 e. The van der Waals surface area contributed by atoms with Gasteiger partial charge in [-0.1, -0.05) is 56.7 Å². The minimum Gasteiger partial charge on any atom is -0.466 e. The zero-order valence-electron chi connectivity index (χ0n) is 18.9. The van der Waals surface area contributed by atoms with Crippen molar-refractivity contribution in [2.75, 3.05) is 24.6 Å². The third kappa shape index (κ3) is 8.66. The van der Waals surface area contributed by atoms with Gasteiger partial charge in [-0.25, -0.2) is 4.79 Å². The highest BCUT2D eigenvalue weighted by Gasteiger charge is 2.15. The number of nitrogens with zero attached hydrogens (tertiary/aromatic N) is 1. The number of unbranched alkanes of at least 4 members (excludes halogenated alkanes) is 2. The Bertz CT molecular complexity index is 841. The molecule has 0 unspecified atom stereocenters. The van der Waals surface area contributed by atoms with Gasteiger partial charge in [-0.3, -0.25) is 9.69 Å². The molecule has 0 fully saturated rings. The van der Waals surface area contributed by atoms with Crippen LogP contribution in [0.2, 0.25) is 0 Å². The Kier molecular flexibility index (Phi) is 11.0. The average molecular weight is 443 g/mol. The summed E-state index contributed by atoms with van der Waals surface area (Å²) in [7, 11) is 0. The van der Waals surface area contributed by atoms with Crippen LogP contribution in [-0.2, 0) is 16.0 Å². The number of ether oxygens (including phenoxy) is 1. The lowest BCUT2D eigenvalue weighted by Crippen LogP contribution is -2.41. The molecular weight excluding hydrogens is 408 g/mol. The van der Waals surface area contributed by atoms with Crippen LogP contribution in [0.5, 0.6) is 0 Å². The second kappa shape index (κ2) is 13.8. The number of carbonyl (C=O) groups excluding carboxylic acids is 2. The standard InChI is InChI=1S/C25H34N2O3S/c1-4-7-15-26-25(29)27(16-8-5-2)21-12-10-14-23(19-21)31-22-13-9-11-20(17-22)18-24(28)30-6-3/h9-14,17,19H,4-8,15-16,18H2,1-3H3,(H,26,29). The lowest BCUT2D eigenvalue weighted by molar-refractivity contribution is -0.142. The summed E-state index contributed by atoms with van der Waals surface area (Å²) in [5, 5.41) is 3.03. The monoisotopic (exact) mass is 442 g/mol. The van der Waals surface area contributed by atoms with Gasteiger partial charge in [-0.2, -0.15) is 0 Å². The maximum atomic E-state index is 12.8. The van der Waals surface area contributed by atoms with Gasteiger partial charge >= 0.3 is 12.0 Å². The maximum Gasteiger partial charge on any atom is 0.321 e. The van der Waals surface area contributed by atoms with E-state index in [2.05, 4.69) is 25.2 Å². The van der Waals surface area contributed by atoms with Crippen LogP contribution in [0.3, 0.4) is 0 Å². The SMILES string of the molecule is CCCCNC(=O)N(CCCC)c1cccc(Sc2cccc(CC(=O)OCC)c2)c1. The van der Waals surface area contributed by atoms with Gasteiger partial charge in [0.25, 0.3) is 0 Å². The summed E-state index contributed by atoms with van der Waals surface area (Å²) in [6.45, 7) is 7.83. The number of nitrogens with one attached hydrogen (secondary N) is 1. The predicted octanol–water partition coefficient (Wildman–Crippen LogP) is 6.06. The molecular formula is C25H34N2O3S. The summed E-state index contributed by atoms with van der Waals surface area (Å²) in [5.74, 6) is -0.215. The van der Waals surface area contributed by atoms with Crippen molar-refractivity contribution in [3.8, 4) is 0 Å². The van der Waals surface area contributed by atoms with Gasteiger partial charge in [0.05, 0.1) is 13.0 Å². The third-order valence-corrected chi connectivity index (χ3v) is 5.68. The first kappa shape index (κ1) is 24.8. The molecule has 2 amide bonds.